The topological polar surface area (TPSA) is 55.6 Å². The predicted molar refractivity (Wildman–Crippen MR) is 91.9 cm³/mol. The highest BCUT2D eigenvalue weighted by atomic mass is 35.5. The number of fused-ring (bicyclic) bond motifs is 2. The van der Waals surface area contributed by atoms with Gasteiger partial charge in [0.25, 0.3) is 5.92 Å². The number of carbonyl (C=O) groups is 1. The number of nitrogens with two attached hydrogens (primary N) is 1. The van der Waals surface area contributed by atoms with Crippen molar-refractivity contribution in [2.75, 3.05) is 7.11 Å². The molecule has 0 spiro atoms. The molecule has 3 unspecified atom stereocenters. The van der Waals surface area contributed by atoms with Gasteiger partial charge in [-0.15, -0.1) is 0 Å². The molecule has 25 heavy (non-hydrogen) atoms. The molecule has 2 heterocycles. The molecule has 1 aromatic rings. The van der Waals surface area contributed by atoms with Crippen LogP contribution in [-0.2, 0) is 10.7 Å². The van der Waals surface area contributed by atoms with Crippen LogP contribution in [0.25, 0.3) is 0 Å². The van der Waals surface area contributed by atoms with Crippen LogP contribution in [0.2, 0.25) is 5.02 Å². The Bertz CT molecular complexity index is 656. The van der Waals surface area contributed by atoms with E-state index in [0.717, 1.165) is 31.7 Å². The van der Waals surface area contributed by atoms with Gasteiger partial charge in [-0.05, 0) is 43.7 Å². The number of hydrogen-bond acceptors (Lipinski definition) is 3. The molecule has 138 valence electrons. The lowest BCUT2D eigenvalue weighted by molar-refractivity contribution is -0.148. The third-order valence-electron chi connectivity index (χ3n) is 5.42. The molecule has 2 fully saturated rings. The Morgan fingerprint density at radius 1 is 1.36 bits per heavy atom. The van der Waals surface area contributed by atoms with Gasteiger partial charge in [0, 0.05) is 17.6 Å². The van der Waals surface area contributed by atoms with Gasteiger partial charge in [-0.1, -0.05) is 24.6 Å². The highest BCUT2D eigenvalue weighted by Crippen LogP contribution is 2.41. The first-order chi connectivity index (χ1) is 11.8. The molecular weight excluding hydrogens is 350 g/mol. The lowest BCUT2D eigenvalue weighted by atomic mass is 9.91. The number of halogens is 3. The molecule has 2 saturated heterocycles. The van der Waals surface area contributed by atoms with Crippen molar-refractivity contribution < 1.29 is 18.3 Å². The van der Waals surface area contributed by atoms with Crippen LogP contribution in [0.15, 0.2) is 18.2 Å². The van der Waals surface area contributed by atoms with Crippen molar-refractivity contribution in [2.24, 2.45) is 11.7 Å². The summed E-state index contributed by atoms with van der Waals surface area (Å²) in [5.74, 6) is -3.53. The van der Waals surface area contributed by atoms with Crippen LogP contribution in [-0.4, -0.2) is 36.0 Å². The Labute approximate surface area is 151 Å². The number of ether oxygens (including phenoxy) is 1. The predicted octanol–water partition coefficient (Wildman–Crippen LogP) is 3.56. The third-order valence-corrected chi connectivity index (χ3v) is 5.73. The van der Waals surface area contributed by atoms with E-state index < -0.39 is 17.9 Å². The minimum Gasteiger partial charge on any atom is -0.495 e. The van der Waals surface area contributed by atoms with Crippen LogP contribution in [0.4, 0.5) is 8.78 Å². The number of piperidine rings is 1. The number of benzene rings is 1. The number of nitrogens with zero attached hydrogens (tertiary/aromatic N) is 1. The zero-order chi connectivity index (χ0) is 18.4. The molecular formula is C18H23ClF2N2O2. The number of alkyl halides is 2. The van der Waals surface area contributed by atoms with Gasteiger partial charge in [-0.3, -0.25) is 4.79 Å². The summed E-state index contributed by atoms with van der Waals surface area (Å²) in [6, 6.07) is 1.79. The summed E-state index contributed by atoms with van der Waals surface area (Å²) in [6.45, 7) is 2.14. The van der Waals surface area contributed by atoms with Gasteiger partial charge < -0.3 is 15.4 Å². The summed E-state index contributed by atoms with van der Waals surface area (Å²) in [5.41, 5.74) is 5.39. The maximum absolute atomic E-state index is 14.9. The standard InChI is InChI=1S/C18H23ClF2N2O2/c1-10-7-12-4-5-13(8-10)23(12)17(24)16(22)18(20,21)11-3-6-14(19)15(9-11)25-2/h3,6,9-10,12-13,16H,4-5,7-8,22H2,1-2H3. The second-order valence-corrected chi connectivity index (χ2v) is 7.56. The molecule has 2 N–H and O–H groups in total. The normalized spacial score (nSPS) is 27.3. The molecule has 2 bridgehead atoms. The van der Waals surface area contributed by atoms with Crippen molar-refractivity contribution in [3.63, 3.8) is 0 Å². The van der Waals surface area contributed by atoms with Crippen LogP contribution in [0.5, 0.6) is 5.75 Å². The molecule has 2 aliphatic rings. The summed E-state index contributed by atoms with van der Waals surface area (Å²) in [7, 11) is 1.35. The van der Waals surface area contributed by atoms with Gasteiger partial charge >= 0.3 is 0 Å². The van der Waals surface area contributed by atoms with E-state index in [0.29, 0.717) is 5.92 Å². The largest absolute Gasteiger partial charge is 0.495 e. The van der Waals surface area contributed by atoms with Crippen molar-refractivity contribution in [1.82, 2.24) is 4.90 Å². The van der Waals surface area contributed by atoms with Gasteiger partial charge in [-0.25, -0.2) is 0 Å². The fraction of sp³-hybridized carbons (Fsp3) is 0.611. The maximum atomic E-state index is 14.9. The number of rotatable bonds is 4. The molecule has 1 aromatic carbocycles. The van der Waals surface area contributed by atoms with E-state index in [4.69, 9.17) is 22.1 Å². The maximum Gasteiger partial charge on any atom is 0.297 e. The van der Waals surface area contributed by atoms with E-state index in [9.17, 15) is 13.6 Å². The fourth-order valence-corrected chi connectivity index (χ4v) is 4.37. The summed E-state index contributed by atoms with van der Waals surface area (Å²) in [5, 5.41) is 0.227. The van der Waals surface area contributed by atoms with E-state index in [2.05, 4.69) is 6.92 Å². The van der Waals surface area contributed by atoms with Crippen molar-refractivity contribution >= 4 is 17.5 Å². The summed E-state index contributed by atoms with van der Waals surface area (Å²) < 4.78 is 34.8. The van der Waals surface area contributed by atoms with Crippen molar-refractivity contribution in [1.29, 1.82) is 0 Å². The van der Waals surface area contributed by atoms with Gasteiger partial charge in [0.15, 0.2) is 6.04 Å². The summed E-state index contributed by atoms with van der Waals surface area (Å²) in [4.78, 5) is 14.4. The van der Waals surface area contributed by atoms with E-state index in [1.807, 2.05) is 0 Å². The van der Waals surface area contributed by atoms with Gasteiger partial charge in [0.1, 0.15) is 5.75 Å². The number of hydrogen-bond donors (Lipinski definition) is 1. The van der Waals surface area contributed by atoms with Crippen LogP contribution in [0, 0.1) is 5.92 Å². The minimum atomic E-state index is -3.50. The molecule has 0 aliphatic carbocycles. The Hall–Kier alpha value is -1.40. The van der Waals surface area contributed by atoms with E-state index >= 15 is 0 Å². The summed E-state index contributed by atoms with van der Waals surface area (Å²) in [6.07, 6.45) is 3.45. The Morgan fingerprint density at radius 2 is 1.96 bits per heavy atom. The lowest BCUT2D eigenvalue weighted by Crippen LogP contribution is -2.57. The van der Waals surface area contributed by atoms with E-state index in [1.165, 1.54) is 19.2 Å². The Kier molecular flexibility index (Phi) is 4.95. The van der Waals surface area contributed by atoms with Crippen LogP contribution in [0.1, 0.15) is 38.2 Å². The molecule has 4 nitrogen and oxygen atoms in total. The number of carbonyl (C=O) groups excluding carboxylic acids is 1. The highest BCUT2D eigenvalue weighted by Gasteiger charge is 2.50. The first-order valence-corrected chi connectivity index (χ1v) is 8.93. The van der Waals surface area contributed by atoms with Crippen LogP contribution >= 0.6 is 11.6 Å². The zero-order valence-electron chi connectivity index (χ0n) is 14.3. The van der Waals surface area contributed by atoms with Crippen LogP contribution < -0.4 is 10.5 Å². The molecule has 3 atom stereocenters. The lowest BCUT2D eigenvalue weighted by Gasteiger charge is -2.40. The average molecular weight is 373 g/mol. The fourth-order valence-electron chi connectivity index (χ4n) is 4.17. The molecule has 3 rings (SSSR count). The monoisotopic (exact) mass is 372 g/mol. The number of amides is 1. The van der Waals surface area contributed by atoms with Gasteiger partial charge in [0.2, 0.25) is 5.91 Å². The smallest absolute Gasteiger partial charge is 0.297 e. The molecule has 0 aromatic heterocycles. The Balaban J connectivity index is 1.84. The summed E-state index contributed by atoms with van der Waals surface area (Å²) >= 11 is 5.89. The van der Waals surface area contributed by atoms with Crippen molar-refractivity contribution in [3.8, 4) is 5.75 Å². The van der Waals surface area contributed by atoms with Crippen molar-refractivity contribution in [3.05, 3.63) is 28.8 Å². The first-order valence-electron chi connectivity index (χ1n) is 8.55. The molecule has 1 amide bonds. The average Bonchev–Trinajstić information content (AvgIpc) is 2.85. The van der Waals surface area contributed by atoms with E-state index in [1.54, 1.807) is 4.90 Å². The molecule has 0 radical (unpaired) electrons. The molecule has 7 heteroatoms. The Morgan fingerprint density at radius 3 is 2.52 bits per heavy atom. The third kappa shape index (κ3) is 3.22. The van der Waals surface area contributed by atoms with Gasteiger partial charge in [0.05, 0.1) is 12.1 Å². The van der Waals surface area contributed by atoms with Crippen molar-refractivity contribution in [2.45, 2.75) is 56.7 Å². The molecule has 0 saturated carbocycles. The second-order valence-electron chi connectivity index (χ2n) is 7.16. The van der Waals surface area contributed by atoms with Gasteiger partial charge in [-0.2, -0.15) is 8.78 Å². The number of methoxy groups -OCH3 is 1. The zero-order valence-corrected chi connectivity index (χ0v) is 15.1. The highest BCUT2D eigenvalue weighted by molar-refractivity contribution is 6.32. The second kappa shape index (κ2) is 6.72. The van der Waals surface area contributed by atoms with Crippen LogP contribution in [0.3, 0.4) is 0 Å². The quantitative estimate of drug-likeness (QED) is 0.879. The first kappa shape index (κ1) is 18.4. The minimum absolute atomic E-state index is 0.0304. The SMILES string of the molecule is COc1cc(C(F)(F)C(N)C(=O)N2C3CCC2CC(C)C3)ccc1Cl. The molecule has 2 aliphatic heterocycles. The van der Waals surface area contributed by atoms with E-state index in [-0.39, 0.29) is 28.4 Å².